The second-order valence-corrected chi connectivity index (χ2v) is 18.3. The minimum Gasteiger partial charge on any atom is -0.462 e. The number of hydrogen-bond donors (Lipinski definition) is 3. The summed E-state index contributed by atoms with van der Waals surface area (Å²) in [5, 5.41) is 18.4. The number of rotatable bonds is 47. The van der Waals surface area contributed by atoms with Gasteiger partial charge in [0.25, 0.3) is 0 Å². The maximum Gasteiger partial charge on any atom is 0.472 e. The van der Waals surface area contributed by atoms with Crippen molar-refractivity contribution in [2.45, 2.75) is 232 Å². The third-order valence-corrected chi connectivity index (χ3v) is 11.6. The molecule has 0 radical (unpaired) electrons. The Kier molecular flexibility index (Phi) is 45.9. The lowest BCUT2D eigenvalue weighted by Crippen LogP contribution is -2.29. The van der Waals surface area contributed by atoms with Crippen LogP contribution in [0.25, 0.3) is 0 Å². The second kappa shape index (κ2) is 47.6. The highest BCUT2D eigenvalue weighted by molar-refractivity contribution is 7.47. The molecule has 11 heteroatoms. The first-order chi connectivity index (χ1) is 30.7. The summed E-state index contributed by atoms with van der Waals surface area (Å²) in [7, 11) is -4.63. The van der Waals surface area contributed by atoms with Gasteiger partial charge in [0.2, 0.25) is 0 Å². The molecule has 0 aliphatic rings. The number of phosphoric ester groups is 1. The normalized spacial score (nSPS) is 14.2. The summed E-state index contributed by atoms with van der Waals surface area (Å²) in [6, 6.07) is 0. The summed E-state index contributed by atoms with van der Waals surface area (Å²) in [4.78, 5) is 35.2. The zero-order valence-electron chi connectivity index (χ0n) is 40.0. The Morgan fingerprint density at radius 2 is 0.873 bits per heavy atom. The number of allylic oxidation sites excluding steroid dienone is 10. The lowest BCUT2D eigenvalue weighted by Gasteiger charge is -2.20. The largest absolute Gasteiger partial charge is 0.472 e. The maximum absolute atomic E-state index is 12.7. The van der Waals surface area contributed by atoms with Gasteiger partial charge in [-0.25, -0.2) is 4.57 Å². The van der Waals surface area contributed by atoms with Gasteiger partial charge in [-0.1, -0.05) is 190 Å². The Hall–Kier alpha value is -2.33. The van der Waals surface area contributed by atoms with Gasteiger partial charge >= 0.3 is 19.8 Å². The highest BCUT2D eigenvalue weighted by atomic mass is 31.2. The molecule has 366 valence electrons. The van der Waals surface area contributed by atoms with E-state index in [1.165, 1.54) is 96.3 Å². The van der Waals surface area contributed by atoms with Gasteiger partial charge in [0, 0.05) is 12.8 Å². The monoisotopic (exact) mass is 909 g/mol. The summed E-state index contributed by atoms with van der Waals surface area (Å²) >= 11 is 0. The molecule has 63 heavy (non-hydrogen) atoms. The molecule has 0 rings (SSSR count). The van der Waals surface area contributed by atoms with E-state index in [0.717, 1.165) is 83.5 Å². The number of phosphoric acid groups is 1. The molecule has 0 aromatic rings. The molecular weight excluding hydrogens is 816 g/mol. The average Bonchev–Trinajstić information content (AvgIpc) is 3.27. The number of esters is 2. The lowest BCUT2D eigenvalue weighted by atomic mass is 10.1. The third-order valence-electron chi connectivity index (χ3n) is 10.7. The Morgan fingerprint density at radius 1 is 0.492 bits per heavy atom. The van der Waals surface area contributed by atoms with Crippen molar-refractivity contribution in [3.8, 4) is 0 Å². The van der Waals surface area contributed by atoms with Gasteiger partial charge in [-0.2, -0.15) is 0 Å². The van der Waals surface area contributed by atoms with Crippen LogP contribution < -0.4 is 0 Å². The average molecular weight is 909 g/mol. The van der Waals surface area contributed by atoms with Gasteiger partial charge in [0.1, 0.15) is 12.7 Å². The van der Waals surface area contributed by atoms with Crippen LogP contribution in [0, 0.1) is 0 Å². The standard InChI is InChI=1S/C52H93O10P/c1-3-5-7-9-11-13-15-17-19-21-23-24-26-27-29-31-33-35-37-39-41-43-51(55)59-47-50(48-61-63(57,58)60-46-49(54)45-53)62-52(56)44-42-40-38-36-34-32-30-28-25-22-20-18-16-14-12-10-8-6-4-2/h6,8,12,14,18,20-21,23,25,28,49-50,53-54H,3-5,7,9-11,13,15-17,19,22,24,26-27,29-48H2,1-2H3,(H,57,58)/b8-6-,14-12-,20-18-,23-21-,28-25-. The molecule has 0 heterocycles. The van der Waals surface area contributed by atoms with Gasteiger partial charge in [-0.05, 0) is 77.0 Å². The minimum absolute atomic E-state index is 0.166. The van der Waals surface area contributed by atoms with Crippen LogP contribution in [0.15, 0.2) is 60.8 Å². The molecule has 0 bridgehead atoms. The summed E-state index contributed by atoms with van der Waals surface area (Å²) in [5.74, 6) is -0.941. The summed E-state index contributed by atoms with van der Waals surface area (Å²) in [6.45, 7) is 2.27. The Labute approximate surface area is 385 Å². The van der Waals surface area contributed by atoms with Gasteiger partial charge in [-0.3, -0.25) is 18.6 Å². The Bertz CT molecular complexity index is 1230. The van der Waals surface area contributed by atoms with Crippen LogP contribution in [-0.2, 0) is 32.7 Å². The predicted molar refractivity (Wildman–Crippen MR) is 260 cm³/mol. The van der Waals surface area contributed by atoms with Gasteiger partial charge in [-0.15, -0.1) is 0 Å². The zero-order chi connectivity index (χ0) is 46.2. The smallest absolute Gasteiger partial charge is 0.462 e. The molecular formula is C52H93O10P. The van der Waals surface area contributed by atoms with E-state index in [-0.39, 0.29) is 19.4 Å². The van der Waals surface area contributed by atoms with E-state index in [1.54, 1.807) is 0 Å². The van der Waals surface area contributed by atoms with Crippen LogP contribution in [0.4, 0.5) is 0 Å². The molecule has 0 aliphatic heterocycles. The molecule has 10 nitrogen and oxygen atoms in total. The first-order valence-electron chi connectivity index (χ1n) is 25.2. The maximum atomic E-state index is 12.7. The van der Waals surface area contributed by atoms with Gasteiger partial charge < -0.3 is 24.6 Å². The number of aliphatic hydroxyl groups excluding tert-OH is 2. The molecule has 3 unspecified atom stereocenters. The van der Waals surface area contributed by atoms with E-state index in [2.05, 4.69) is 74.6 Å². The highest BCUT2D eigenvalue weighted by Gasteiger charge is 2.27. The molecule has 0 fully saturated rings. The first kappa shape index (κ1) is 60.7. The van der Waals surface area contributed by atoms with Crippen molar-refractivity contribution in [2.24, 2.45) is 0 Å². The van der Waals surface area contributed by atoms with E-state index >= 15 is 0 Å². The molecule has 3 atom stereocenters. The van der Waals surface area contributed by atoms with Crippen LogP contribution in [0.1, 0.15) is 219 Å². The van der Waals surface area contributed by atoms with Crippen LogP contribution >= 0.6 is 7.82 Å². The highest BCUT2D eigenvalue weighted by Crippen LogP contribution is 2.43. The third kappa shape index (κ3) is 47.5. The molecule has 3 N–H and O–H groups in total. The Balaban J connectivity index is 4.22. The number of carbonyl (C=O) groups excluding carboxylic acids is 2. The SMILES string of the molecule is CC/C=C\C/C=C\C/C=C\C/C=C\CCCCCCCCC(=O)OC(COC(=O)CCCCCCCCCCC/C=C\CCCCCCCCCC)COP(=O)(O)OCC(O)CO. The van der Waals surface area contributed by atoms with Crippen molar-refractivity contribution in [2.75, 3.05) is 26.4 Å². The van der Waals surface area contributed by atoms with Crippen molar-refractivity contribution < 1.29 is 47.8 Å². The molecule has 0 amide bonds. The number of unbranched alkanes of at least 4 members (excludes halogenated alkanes) is 23. The molecule has 0 saturated heterocycles. The second-order valence-electron chi connectivity index (χ2n) is 16.8. The van der Waals surface area contributed by atoms with E-state index in [9.17, 15) is 24.2 Å². The van der Waals surface area contributed by atoms with Gasteiger partial charge in [0.05, 0.1) is 19.8 Å². The quantitative estimate of drug-likeness (QED) is 0.0233. The van der Waals surface area contributed by atoms with Crippen molar-refractivity contribution >= 4 is 19.8 Å². The molecule has 0 saturated carbocycles. The lowest BCUT2D eigenvalue weighted by molar-refractivity contribution is -0.161. The number of ether oxygens (including phenoxy) is 2. The topological polar surface area (TPSA) is 149 Å². The summed E-state index contributed by atoms with van der Waals surface area (Å²) in [5.41, 5.74) is 0. The summed E-state index contributed by atoms with van der Waals surface area (Å²) in [6.07, 6.45) is 54.7. The van der Waals surface area contributed by atoms with E-state index in [4.69, 9.17) is 23.6 Å². The predicted octanol–water partition coefficient (Wildman–Crippen LogP) is 14.2. The van der Waals surface area contributed by atoms with Crippen molar-refractivity contribution in [1.82, 2.24) is 0 Å². The number of carbonyl (C=O) groups is 2. The summed E-state index contributed by atoms with van der Waals surface area (Å²) < 4.78 is 32.8. The van der Waals surface area contributed by atoms with Crippen LogP contribution in [0.2, 0.25) is 0 Å². The van der Waals surface area contributed by atoms with Crippen LogP contribution in [-0.4, -0.2) is 65.7 Å². The fourth-order valence-corrected chi connectivity index (χ4v) is 7.59. The molecule has 0 spiro atoms. The van der Waals surface area contributed by atoms with E-state index in [0.29, 0.717) is 12.8 Å². The van der Waals surface area contributed by atoms with Crippen molar-refractivity contribution in [1.29, 1.82) is 0 Å². The Morgan fingerprint density at radius 3 is 1.33 bits per heavy atom. The van der Waals surface area contributed by atoms with Gasteiger partial charge in [0.15, 0.2) is 6.10 Å². The molecule has 0 aromatic heterocycles. The fraction of sp³-hybridized carbons (Fsp3) is 0.769. The fourth-order valence-electron chi connectivity index (χ4n) is 6.80. The van der Waals surface area contributed by atoms with Crippen LogP contribution in [0.3, 0.4) is 0 Å². The zero-order valence-corrected chi connectivity index (χ0v) is 40.9. The number of aliphatic hydroxyl groups is 2. The van der Waals surface area contributed by atoms with E-state index in [1.807, 2.05) is 0 Å². The van der Waals surface area contributed by atoms with E-state index < -0.39 is 51.8 Å². The number of hydrogen-bond acceptors (Lipinski definition) is 9. The molecule has 0 aliphatic carbocycles. The minimum atomic E-state index is -4.63. The molecule has 0 aromatic carbocycles. The van der Waals surface area contributed by atoms with Crippen LogP contribution in [0.5, 0.6) is 0 Å². The van der Waals surface area contributed by atoms with Crippen molar-refractivity contribution in [3.05, 3.63) is 60.8 Å². The van der Waals surface area contributed by atoms with Crippen molar-refractivity contribution in [3.63, 3.8) is 0 Å². The first-order valence-corrected chi connectivity index (χ1v) is 26.7.